The van der Waals surface area contributed by atoms with Gasteiger partial charge < -0.3 is 4.90 Å². The number of carbonyl (C=O) groups is 1. The van der Waals surface area contributed by atoms with Crippen molar-refractivity contribution in [3.05, 3.63) is 29.5 Å². The number of rotatable bonds is 5. The minimum absolute atomic E-state index is 0.0170. The summed E-state index contributed by atoms with van der Waals surface area (Å²) in [5.41, 5.74) is 3.72. The van der Waals surface area contributed by atoms with Crippen molar-refractivity contribution in [3.8, 4) is 0 Å². The number of amides is 1. The van der Waals surface area contributed by atoms with Crippen LogP contribution in [0.5, 0.6) is 0 Å². The quantitative estimate of drug-likeness (QED) is 0.771. The lowest BCUT2D eigenvalue weighted by Gasteiger charge is -2.24. The molecule has 0 radical (unpaired) electrons. The van der Waals surface area contributed by atoms with Crippen LogP contribution in [0, 0.1) is 5.92 Å². The van der Waals surface area contributed by atoms with Crippen LogP contribution >= 0.6 is 0 Å². The fourth-order valence-corrected chi connectivity index (χ4v) is 4.25. The monoisotopic (exact) mass is 370 g/mol. The van der Waals surface area contributed by atoms with E-state index in [0.717, 1.165) is 23.7 Å². The molecule has 0 unspecified atom stereocenters. The topological polar surface area (TPSA) is 50.5 Å². The lowest BCUT2D eigenvalue weighted by atomic mass is 9.83. The lowest BCUT2D eigenvalue weighted by Crippen LogP contribution is -2.31. The molecule has 1 aliphatic carbocycles. The Labute approximate surface area is 163 Å². The Balaban J connectivity index is 2.01. The predicted molar refractivity (Wildman–Crippen MR) is 109 cm³/mol. The first-order valence-electron chi connectivity index (χ1n) is 10.5. The second kappa shape index (κ2) is 7.99. The van der Waals surface area contributed by atoms with Gasteiger partial charge >= 0.3 is 0 Å². The van der Waals surface area contributed by atoms with E-state index in [9.17, 15) is 4.79 Å². The third-order valence-corrected chi connectivity index (χ3v) is 5.80. The van der Waals surface area contributed by atoms with Crippen molar-refractivity contribution >= 4 is 11.6 Å². The molecule has 0 aromatic carbocycles. The van der Waals surface area contributed by atoms with Crippen molar-refractivity contribution in [3.63, 3.8) is 0 Å². The van der Waals surface area contributed by atoms with Gasteiger partial charge in [-0.25, -0.2) is 9.97 Å². The highest BCUT2D eigenvalue weighted by atomic mass is 16.2. The summed E-state index contributed by atoms with van der Waals surface area (Å²) in [6.45, 7) is 12.0. The average molecular weight is 371 g/mol. The SMILES string of the molecule is CCN(CC)C(=O)c1cc2nc(C(C)(C)C)c(CC3CCCCC3)n2cn1. The molecule has 1 amide bonds. The summed E-state index contributed by atoms with van der Waals surface area (Å²) in [5.74, 6) is 0.716. The standard InChI is InChI=1S/C22H34N4O/c1-6-25(7-2)21(27)17-14-19-24-20(22(3,4)5)18(26(19)15-23-17)13-16-11-9-8-10-12-16/h14-16H,6-13H2,1-5H3. The van der Waals surface area contributed by atoms with E-state index in [4.69, 9.17) is 4.98 Å². The van der Waals surface area contributed by atoms with Crippen LogP contribution in [0.3, 0.4) is 0 Å². The molecule has 0 atom stereocenters. The van der Waals surface area contributed by atoms with Crippen LogP contribution in [-0.4, -0.2) is 38.3 Å². The number of fused-ring (bicyclic) bond motifs is 1. The fourth-order valence-electron chi connectivity index (χ4n) is 4.25. The van der Waals surface area contributed by atoms with Gasteiger partial charge in [0.25, 0.3) is 5.91 Å². The van der Waals surface area contributed by atoms with Gasteiger partial charge in [0.1, 0.15) is 17.7 Å². The lowest BCUT2D eigenvalue weighted by molar-refractivity contribution is 0.0767. The van der Waals surface area contributed by atoms with Crippen LogP contribution < -0.4 is 0 Å². The summed E-state index contributed by atoms with van der Waals surface area (Å²) in [7, 11) is 0. The Hall–Kier alpha value is -1.91. The van der Waals surface area contributed by atoms with Crippen LogP contribution in [0.4, 0.5) is 0 Å². The van der Waals surface area contributed by atoms with Gasteiger partial charge in [-0.2, -0.15) is 0 Å². The maximum atomic E-state index is 12.7. The van der Waals surface area contributed by atoms with E-state index in [1.54, 1.807) is 4.90 Å². The van der Waals surface area contributed by atoms with Crippen LogP contribution in [0.15, 0.2) is 12.4 Å². The first-order valence-corrected chi connectivity index (χ1v) is 10.5. The predicted octanol–water partition coefficient (Wildman–Crippen LogP) is 4.63. The molecule has 1 aliphatic rings. The molecule has 1 saturated carbocycles. The van der Waals surface area contributed by atoms with Crippen LogP contribution in [0.25, 0.3) is 5.65 Å². The molecule has 148 valence electrons. The van der Waals surface area contributed by atoms with Crippen molar-refractivity contribution in [1.29, 1.82) is 0 Å². The third-order valence-electron chi connectivity index (χ3n) is 5.80. The molecular formula is C22H34N4O. The van der Waals surface area contributed by atoms with Crippen molar-refractivity contribution in [2.24, 2.45) is 5.92 Å². The van der Waals surface area contributed by atoms with E-state index in [2.05, 4.69) is 30.2 Å². The molecule has 2 heterocycles. The number of hydrogen-bond donors (Lipinski definition) is 0. The van der Waals surface area contributed by atoms with Gasteiger partial charge in [0, 0.05) is 30.3 Å². The van der Waals surface area contributed by atoms with Crippen LogP contribution in [0.1, 0.15) is 88.6 Å². The highest BCUT2D eigenvalue weighted by Gasteiger charge is 2.27. The van der Waals surface area contributed by atoms with Gasteiger partial charge in [0.15, 0.2) is 0 Å². The summed E-state index contributed by atoms with van der Waals surface area (Å²) < 4.78 is 2.12. The fraction of sp³-hybridized carbons (Fsp3) is 0.682. The molecule has 0 N–H and O–H groups in total. The van der Waals surface area contributed by atoms with E-state index >= 15 is 0 Å². The first kappa shape index (κ1) is 19.8. The van der Waals surface area contributed by atoms with Gasteiger partial charge in [0.05, 0.1) is 5.69 Å². The van der Waals surface area contributed by atoms with E-state index in [1.807, 2.05) is 26.2 Å². The summed E-state index contributed by atoms with van der Waals surface area (Å²) in [6, 6.07) is 1.86. The first-order chi connectivity index (χ1) is 12.8. The van der Waals surface area contributed by atoms with Gasteiger partial charge in [-0.1, -0.05) is 52.9 Å². The Kier molecular flexibility index (Phi) is 5.87. The molecular weight excluding hydrogens is 336 g/mol. The molecule has 1 fully saturated rings. The zero-order valence-electron chi connectivity index (χ0n) is 17.6. The number of hydrogen-bond acceptors (Lipinski definition) is 3. The summed E-state index contributed by atoms with van der Waals surface area (Å²) in [6.07, 6.45) is 9.53. The number of imidazole rings is 1. The molecule has 0 aliphatic heterocycles. The maximum absolute atomic E-state index is 12.7. The Bertz CT molecular complexity index is 792. The highest BCUT2D eigenvalue weighted by Crippen LogP contribution is 2.32. The summed E-state index contributed by atoms with van der Waals surface area (Å²) in [5, 5.41) is 0. The second-order valence-corrected chi connectivity index (χ2v) is 8.85. The Morgan fingerprint density at radius 1 is 1.19 bits per heavy atom. The largest absolute Gasteiger partial charge is 0.338 e. The smallest absolute Gasteiger partial charge is 0.272 e. The van der Waals surface area contributed by atoms with Gasteiger partial charge in [0.2, 0.25) is 0 Å². The van der Waals surface area contributed by atoms with Gasteiger partial charge in [-0.05, 0) is 26.2 Å². The summed E-state index contributed by atoms with van der Waals surface area (Å²) >= 11 is 0. The molecule has 3 rings (SSSR count). The summed E-state index contributed by atoms with van der Waals surface area (Å²) in [4.78, 5) is 23.9. The minimum atomic E-state index is -0.0287. The number of carbonyl (C=O) groups excluding carboxylic acids is 1. The van der Waals surface area contributed by atoms with Crippen molar-refractivity contribution in [2.45, 2.75) is 78.6 Å². The van der Waals surface area contributed by atoms with Crippen LogP contribution in [-0.2, 0) is 11.8 Å². The van der Waals surface area contributed by atoms with Crippen molar-refractivity contribution < 1.29 is 4.79 Å². The Morgan fingerprint density at radius 3 is 2.44 bits per heavy atom. The molecule has 2 aromatic rings. The zero-order chi connectivity index (χ0) is 19.6. The Morgan fingerprint density at radius 2 is 1.85 bits per heavy atom. The molecule has 5 heteroatoms. The van der Waals surface area contributed by atoms with E-state index < -0.39 is 0 Å². The molecule has 0 spiro atoms. The average Bonchev–Trinajstić information content (AvgIpc) is 3.01. The molecule has 0 bridgehead atoms. The number of aromatic nitrogens is 3. The zero-order valence-corrected chi connectivity index (χ0v) is 17.6. The van der Waals surface area contributed by atoms with E-state index in [0.29, 0.717) is 18.8 Å². The third kappa shape index (κ3) is 4.17. The van der Waals surface area contributed by atoms with Crippen LogP contribution in [0.2, 0.25) is 0 Å². The molecule has 27 heavy (non-hydrogen) atoms. The van der Waals surface area contributed by atoms with Crippen molar-refractivity contribution in [2.75, 3.05) is 13.1 Å². The maximum Gasteiger partial charge on any atom is 0.272 e. The van der Waals surface area contributed by atoms with E-state index in [1.165, 1.54) is 37.8 Å². The molecule has 5 nitrogen and oxygen atoms in total. The molecule has 0 saturated heterocycles. The van der Waals surface area contributed by atoms with Gasteiger partial charge in [-0.15, -0.1) is 0 Å². The minimum Gasteiger partial charge on any atom is -0.338 e. The second-order valence-electron chi connectivity index (χ2n) is 8.85. The van der Waals surface area contributed by atoms with E-state index in [-0.39, 0.29) is 11.3 Å². The normalized spacial score (nSPS) is 16.0. The van der Waals surface area contributed by atoms with Gasteiger partial charge in [-0.3, -0.25) is 9.20 Å². The molecule has 2 aromatic heterocycles. The van der Waals surface area contributed by atoms with Crippen molar-refractivity contribution in [1.82, 2.24) is 19.3 Å². The number of nitrogens with zero attached hydrogens (tertiary/aromatic N) is 4. The highest BCUT2D eigenvalue weighted by molar-refractivity contribution is 5.93.